The largest absolute Gasteiger partial charge is 0.492 e. The van der Waals surface area contributed by atoms with Crippen LogP contribution in [0, 0.1) is 0 Å². The second kappa shape index (κ2) is 6.86. The summed E-state index contributed by atoms with van der Waals surface area (Å²) in [4.78, 5) is 0. The number of halogens is 1. The van der Waals surface area contributed by atoms with Crippen molar-refractivity contribution in [1.82, 2.24) is 0 Å². The predicted molar refractivity (Wildman–Crippen MR) is 90.6 cm³/mol. The van der Waals surface area contributed by atoms with Gasteiger partial charge in [-0.1, -0.05) is 44.5 Å². The first-order valence-electron chi connectivity index (χ1n) is 7.18. The summed E-state index contributed by atoms with van der Waals surface area (Å²) in [5.74, 6) is 0.837. The lowest BCUT2D eigenvalue weighted by Gasteiger charge is -2.19. The Bertz CT molecular complexity index is 555. The van der Waals surface area contributed by atoms with Gasteiger partial charge in [-0.3, -0.25) is 0 Å². The molecule has 0 unspecified atom stereocenters. The van der Waals surface area contributed by atoms with Crippen molar-refractivity contribution in [2.24, 2.45) is 0 Å². The quantitative estimate of drug-likeness (QED) is 0.773. The van der Waals surface area contributed by atoms with Crippen LogP contribution in [0.3, 0.4) is 0 Å². The SMILES string of the molecule is CC(C)(C)c1ccc(NCCOc2ccc(Cl)cc2)cc1. The molecule has 1 N–H and O–H groups in total. The highest BCUT2D eigenvalue weighted by Crippen LogP contribution is 2.23. The van der Waals surface area contributed by atoms with E-state index in [0.29, 0.717) is 6.61 Å². The average Bonchev–Trinajstić information content (AvgIpc) is 2.45. The number of hydrogen-bond donors (Lipinski definition) is 1. The number of anilines is 1. The van der Waals surface area contributed by atoms with E-state index in [0.717, 1.165) is 23.0 Å². The third kappa shape index (κ3) is 4.98. The van der Waals surface area contributed by atoms with Gasteiger partial charge in [0.05, 0.1) is 0 Å². The molecule has 0 saturated carbocycles. The van der Waals surface area contributed by atoms with Crippen LogP contribution in [0.15, 0.2) is 48.5 Å². The standard InChI is InChI=1S/C18H22ClNO/c1-18(2,3)14-4-8-16(9-5-14)20-12-13-21-17-10-6-15(19)7-11-17/h4-11,20H,12-13H2,1-3H3. The van der Waals surface area contributed by atoms with Crippen molar-refractivity contribution in [3.63, 3.8) is 0 Å². The van der Waals surface area contributed by atoms with Gasteiger partial charge in [-0.15, -0.1) is 0 Å². The Morgan fingerprint density at radius 2 is 1.57 bits per heavy atom. The van der Waals surface area contributed by atoms with Crippen LogP contribution in [0.5, 0.6) is 5.75 Å². The molecule has 0 aliphatic heterocycles. The number of rotatable bonds is 5. The Morgan fingerprint density at radius 1 is 0.952 bits per heavy atom. The summed E-state index contributed by atoms with van der Waals surface area (Å²) in [7, 11) is 0. The van der Waals surface area contributed by atoms with E-state index in [1.165, 1.54) is 5.56 Å². The van der Waals surface area contributed by atoms with Gasteiger partial charge in [-0.25, -0.2) is 0 Å². The Hall–Kier alpha value is -1.67. The predicted octanol–water partition coefficient (Wildman–Crippen LogP) is 5.13. The molecule has 0 fully saturated rings. The lowest BCUT2D eigenvalue weighted by molar-refractivity contribution is 0.333. The fourth-order valence-electron chi connectivity index (χ4n) is 1.98. The van der Waals surface area contributed by atoms with Crippen molar-refractivity contribution in [3.05, 3.63) is 59.1 Å². The number of nitrogens with one attached hydrogen (secondary N) is 1. The molecule has 2 aromatic carbocycles. The van der Waals surface area contributed by atoms with Crippen LogP contribution < -0.4 is 10.1 Å². The maximum Gasteiger partial charge on any atom is 0.119 e. The third-order valence-corrected chi connectivity index (χ3v) is 3.52. The second-order valence-electron chi connectivity index (χ2n) is 6.06. The Kier molecular flexibility index (Phi) is 5.13. The van der Waals surface area contributed by atoms with Crippen molar-refractivity contribution >= 4 is 17.3 Å². The maximum atomic E-state index is 5.83. The zero-order valence-corrected chi connectivity index (χ0v) is 13.6. The molecule has 21 heavy (non-hydrogen) atoms. The van der Waals surface area contributed by atoms with Crippen LogP contribution >= 0.6 is 11.6 Å². The molecular weight excluding hydrogens is 282 g/mol. The molecule has 0 amide bonds. The van der Waals surface area contributed by atoms with E-state index in [4.69, 9.17) is 16.3 Å². The van der Waals surface area contributed by atoms with E-state index < -0.39 is 0 Å². The normalized spacial score (nSPS) is 11.2. The molecule has 0 bridgehead atoms. The molecule has 0 aliphatic carbocycles. The van der Waals surface area contributed by atoms with Crippen molar-refractivity contribution < 1.29 is 4.74 Å². The summed E-state index contributed by atoms with van der Waals surface area (Å²) in [5.41, 5.74) is 2.64. The molecule has 2 aromatic rings. The molecule has 0 saturated heterocycles. The first kappa shape index (κ1) is 15.7. The fraction of sp³-hybridized carbons (Fsp3) is 0.333. The lowest BCUT2D eigenvalue weighted by atomic mass is 9.87. The molecule has 2 rings (SSSR count). The summed E-state index contributed by atoms with van der Waals surface area (Å²) in [6, 6.07) is 16.0. The Balaban J connectivity index is 1.77. The highest BCUT2D eigenvalue weighted by molar-refractivity contribution is 6.30. The smallest absolute Gasteiger partial charge is 0.119 e. The zero-order chi connectivity index (χ0) is 15.3. The van der Waals surface area contributed by atoms with E-state index in [1.807, 2.05) is 24.3 Å². The van der Waals surface area contributed by atoms with E-state index in [-0.39, 0.29) is 5.41 Å². The molecule has 0 aliphatic rings. The number of ether oxygens (including phenoxy) is 1. The van der Waals surface area contributed by atoms with E-state index >= 15 is 0 Å². The van der Waals surface area contributed by atoms with Crippen molar-refractivity contribution in [1.29, 1.82) is 0 Å². The lowest BCUT2D eigenvalue weighted by Crippen LogP contribution is -2.13. The van der Waals surface area contributed by atoms with Crippen molar-refractivity contribution in [3.8, 4) is 5.75 Å². The van der Waals surface area contributed by atoms with Crippen LogP contribution in [-0.4, -0.2) is 13.2 Å². The molecular formula is C18H22ClNO. The molecule has 0 heterocycles. The highest BCUT2D eigenvalue weighted by atomic mass is 35.5. The second-order valence-corrected chi connectivity index (χ2v) is 6.49. The summed E-state index contributed by atoms with van der Waals surface area (Å²) < 4.78 is 5.64. The molecule has 0 atom stereocenters. The highest BCUT2D eigenvalue weighted by Gasteiger charge is 2.12. The Labute approximate surface area is 132 Å². The number of hydrogen-bond acceptors (Lipinski definition) is 2. The minimum atomic E-state index is 0.191. The first-order chi connectivity index (χ1) is 9.95. The van der Waals surface area contributed by atoms with Gasteiger partial charge in [-0.05, 0) is 47.4 Å². The van der Waals surface area contributed by atoms with Gasteiger partial charge in [-0.2, -0.15) is 0 Å². The van der Waals surface area contributed by atoms with Gasteiger partial charge in [0.25, 0.3) is 0 Å². The van der Waals surface area contributed by atoms with Crippen LogP contribution in [0.4, 0.5) is 5.69 Å². The molecule has 0 radical (unpaired) electrons. The minimum Gasteiger partial charge on any atom is -0.492 e. The van der Waals surface area contributed by atoms with Gasteiger partial charge < -0.3 is 10.1 Å². The maximum absolute atomic E-state index is 5.83. The van der Waals surface area contributed by atoms with Gasteiger partial charge in [0.1, 0.15) is 12.4 Å². The van der Waals surface area contributed by atoms with Gasteiger partial charge in [0, 0.05) is 17.3 Å². The van der Waals surface area contributed by atoms with Gasteiger partial charge in [0.15, 0.2) is 0 Å². The fourth-order valence-corrected chi connectivity index (χ4v) is 2.11. The van der Waals surface area contributed by atoms with Crippen LogP contribution in [0.1, 0.15) is 26.3 Å². The first-order valence-corrected chi connectivity index (χ1v) is 7.56. The number of benzene rings is 2. The van der Waals surface area contributed by atoms with Crippen LogP contribution in [0.25, 0.3) is 0 Å². The summed E-state index contributed by atoms with van der Waals surface area (Å²) in [6.45, 7) is 8.03. The van der Waals surface area contributed by atoms with E-state index in [9.17, 15) is 0 Å². The summed E-state index contributed by atoms with van der Waals surface area (Å²) in [6.07, 6.45) is 0. The molecule has 0 aromatic heterocycles. The third-order valence-electron chi connectivity index (χ3n) is 3.26. The molecule has 2 nitrogen and oxygen atoms in total. The molecule has 3 heteroatoms. The van der Waals surface area contributed by atoms with E-state index in [1.54, 1.807) is 0 Å². The van der Waals surface area contributed by atoms with E-state index in [2.05, 4.69) is 50.4 Å². The minimum absolute atomic E-state index is 0.191. The topological polar surface area (TPSA) is 21.3 Å². The summed E-state index contributed by atoms with van der Waals surface area (Å²) >= 11 is 5.83. The monoisotopic (exact) mass is 303 g/mol. The molecule has 112 valence electrons. The van der Waals surface area contributed by atoms with Crippen LogP contribution in [-0.2, 0) is 5.41 Å². The van der Waals surface area contributed by atoms with Crippen molar-refractivity contribution in [2.45, 2.75) is 26.2 Å². The molecule has 0 spiro atoms. The summed E-state index contributed by atoms with van der Waals surface area (Å²) in [5, 5.41) is 4.08. The van der Waals surface area contributed by atoms with Gasteiger partial charge >= 0.3 is 0 Å². The zero-order valence-electron chi connectivity index (χ0n) is 12.8. The average molecular weight is 304 g/mol. The van der Waals surface area contributed by atoms with Crippen LogP contribution in [0.2, 0.25) is 5.02 Å². The van der Waals surface area contributed by atoms with Gasteiger partial charge in [0.2, 0.25) is 0 Å². The van der Waals surface area contributed by atoms with Crippen molar-refractivity contribution in [2.75, 3.05) is 18.5 Å². The Morgan fingerprint density at radius 3 is 2.14 bits per heavy atom.